The summed E-state index contributed by atoms with van der Waals surface area (Å²) in [5, 5.41) is 1.62. The lowest BCUT2D eigenvalue weighted by atomic mass is 10.2. The molecule has 0 unspecified atom stereocenters. The van der Waals surface area contributed by atoms with E-state index in [-0.39, 0.29) is 5.56 Å². The van der Waals surface area contributed by atoms with Gasteiger partial charge in [0.1, 0.15) is 6.33 Å². The van der Waals surface area contributed by atoms with Gasteiger partial charge in [0.15, 0.2) is 0 Å². The average Bonchev–Trinajstić information content (AvgIpc) is 2.41. The first-order valence-corrected chi connectivity index (χ1v) is 6.33. The molecule has 0 aliphatic heterocycles. The molecule has 3 rings (SSSR count). The smallest absolute Gasteiger partial charge is 0.265 e. The van der Waals surface area contributed by atoms with Crippen LogP contribution < -0.4 is 5.56 Å². The second-order valence-corrected chi connectivity index (χ2v) is 4.93. The van der Waals surface area contributed by atoms with Crippen molar-refractivity contribution in [2.75, 3.05) is 0 Å². The molecule has 0 aliphatic carbocycles. The Morgan fingerprint density at radius 1 is 0.947 bits per heavy atom. The van der Waals surface area contributed by atoms with Crippen molar-refractivity contribution in [3.05, 3.63) is 69.2 Å². The highest BCUT2D eigenvalue weighted by Gasteiger charge is 2.06. The monoisotopic (exact) mass is 290 g/mol. The molecule has 0 bridgehead atoms. The van der Waals surface area contributed by atoms with Gasteiger partial charge in [0, 0.05) is 10.0 Å². The predicted octanol–water partition coefficient (Wildman–Crippen LogP) is 3.69. The molecule has 94 valence electrons. The minimum absolute atomic E-state index is 0.158. The van der Waals surface area contributed by atoms with Crippen LogP contribution in [0.2, 0.25) is 10.0 Å². The fourth-order valence-corrected chi connectivity index (χ4v) is 2.18. The van der Waals surface area contributed by atoms with Crippen LogP contribution in [0.15, 0.2) is 53.6 Å². The Hall–Kier alpha value is -1.84. The number of benzene rings is 2. The van der Waals surface area contributed by atoms with Gasteiger partial charge in [0.05, 0.1) is 16.6 Å². The fourth-order valence-electron chi connectivity index (χ4n) is 1.88. The van der Waals surface area contributed by atoms with Crippen LogP contribution in [0.1, 0.15) is 0 Å². The van der Waals surface area contributed by atoms with Crippen LogP contribution >= 0.6 is 23.2 Å². The van der Waals surface area contributed by atoms with Crippen LogP contribution in [0.3, 0.4) is 0 Å². The topological polar surface area (TPSA) is 34.9 Å². The van der Waals surface area contributed by atoms with E-state index < -0.39 is 0 Å². The number of aromatic nitrogens is 2. The summed E-state index contributed by atoms with van der Waals surface area (Å²) in [5.41, 5.74) is 1.18. The van der Waals surface area contributed by atoms with E-state index in [0.29, 0.717) is 26.6 Å². The number of nitrogens with zero attached hydrogens (tertiary/aromatic N) is 2. The molecular formula is C14H8Cl2N2O. The SMILES string of the molecule is O=c1c2cc(Cl)ccc2ncn1-c1ccc(Cl)cc1. The van der Waals surface area contributed by atoms with Crippen LogP contribution in [0, 0.1) is 0 Å². The summed E-state index contributed by atoms with van der Waals surface area (Å²) < 4.78 is 1.47. The first-order chi connectivity index (χ1) is 9.15. The zero-order chi connectivity index (χ0) is 13.4. The van der Waals surface area contributed by atoms with Crippen LogP contribution in [0.4, 0.5) is 0 Å². The van der Waals surface area contributed by atoms with Crippen LogP contribution in [-0.2, 0) is 0 Å². The third-order valence-electron chi connectivity index (χ3n) is 2.82. The van der Waals surface area contributed by atoms with E-state index in [1.165, 1.54) is 10.9 Å². The molecule has 0 amide bonds. The number of rotatable bonds is 1. The van der Waals surface area contributed by atoms with Gasteiger partial charge in [-0.15, -0.1) is 0 Å². The molecule has 1 heterocycles. The van der Waals surface area contributed by atoms with Gasteiger partial charge < -0.3 is 0 Å². The third-order valence-corrected chi connectivity index (χ3v) is 3.31. The molecular weight excluding hydrogens is 283 g/mol. The highest BCUT2D eigenvalue weighted by Crippen LogP contribution is 2.16. The second kappa shape index (κ2) is 4.68. The van der Waals surface area contributed by atoms with Crippen molar-refractivity contribution >= 4 is 34.1 Å². The van der Waals surface area contributed by atoms with Crippen molar-refractivity contribution < 1.29 is 0 Å². The lowest BCUT2D eigenvalue weighted by Gasteiger charge is -2.06. The normalized spacial score (nSPS) is 10.8. The van der Waals surface area contributed by atoms with Crippen LogP contribution in [-0.4, -0.2) is 9.55 Å². The number of halogens is 2. The maximum Gasteiger partial charge on any atom is 0.265 e. The Labute approximate surface area is 119 Å². The standard InChI is InChI=1S/C14H8Cl2N2O/c15-9-1-4-11(5-2-9)18-8-17-13-6-3-10(16)7-12(13)14(18)19/h1-8H. The van der Waals surface area contributed by atoms with E-state index in [4.69, 9.17) is 23.2 Å². The van der Waals surface area contributed by atoms with Crippen LogP contribution in [0.25, 0.3) is 16.6 Å². The van der Waals surface area contributed by atoms with Crippen molar-refractivity contribution in [2.45, 2.75) is 0 Å². The zero-order valence-electron chi connectivity index (χ0n) is 9.68. The van der Waals surface area contributed by atoms with Crippen molar-refractivity contribution in [1.82, 2.24) is 9.55 Å². The lowest BCUT2D eigenvalue weighted by Crippen LogP contribution is -2.18. The zero-order valence-corrected chi connectivity index (χ0v) is 11.2. The van der Waals surface area contributed by atoms with Gasteiger partial charge in [-0.3, -0.25) is 9.36 Å². The van der Waals surface area contributed by atoms with E-state index >= 15 is 0 Å². The Bertz CT molecular complexity index is 810. The van der Waals surface area contributed by atoms with Crippen LogP contribution in [0.5, 0.6) is 0 Å². The Balaban J connectivity index is 2.28. The summed E-state index contributed by atoms with van der Waals surface area (Å²) >= 11 is 11.8. The van der Waals surface area contributed by atoms with Crippen molar-refractivity contribution in [3.63, 3.8) is 0 Å². The predicted molar refractivity (Wildman–Crippen MR) is 77.4 cm³/mol. The Morgan fingerprint density at radius 2 is 1.63 bits per heavy atom. The van der Waals surface area contributed by atoms with Gasteiger partial charge in [-0.05, 0) is 42.5 Å². The number of hydrogen-bond acceptors (Lipinski definition) is 2. The van der Waals surface area contributed by atoms with Crippen molar-refractivity contribution in [2.24, 2.45) is 0 Å². The molecule has 2 aromatic carbocycles. The van der Waals surface area contributed by atoms with E-state index in [2.05, 4.69) is 4.98 Å². The van der Waals surface area contributed by atoms with Gasteiger partial charge in [0.2, 0.25) is 0 Å². The van der Waals surface area contributed by atoms with E-state index in [9.17, 15) is 4.79 Å². The summed E-state index contributed by atoms with van der Waals surface area (Å²) in [5.74, 6) is 0. The summed E-state index contributed by atoms with van der Waals surface area (Å²) in [7, 11) is 0. The highest BCUT2D eigenvalue weighted by molar-refractivity contribution is 6.31. The molecule has 3 aromatic rings. The van der Waals surface area contributed by atoms with Gasteiger partial charge in [0.25, 0.3) is 5.56 Å². The largest absolute Gasteiger partial charge is 0.268 e. The molecule has 3 nitrogen and oxygen atoms in total. The lowest BCUT2D eigenvalue weighted by molar-refractivity contribution is 0.963. The van der Waals surface area contributed by atoms with Gasteiger partial charge in [-0.1, -0.05) is 23.2 Å². The van der Waals surface area contributed by atoms with Crippen molar-refractivity contribution in [3.8, 4) is 5.69 Å². The first kappa shape index (κ1) is 12.2. The minimum Gasteiger partial charge on any atom is -0.268 e. The molecule has 0 saturated heterocycles. The quantitative estimate of drug-likeness (QED) is 0.685. The first-order valence-electron chi connectivity index (χ1n) is 5.58. The van der Waals surface area contributed by atoms with E-state index in [1.807, 2.05) is 0 Å². The molecule has 0 aliphatic rings. The summed E-state index contributed by atoms with van der Waals surface area (Å²) in [6.45, 7) is 0. The van der Waals surface area contributed by atoms with Crippen molar-refractivity contribution in [1.29, 1.82) is 0 Å². The highest BCUT2D eigenvalue weighted by atomic mass is 35.5. The molecule has 0 saturated carbocycles. The third kappa shape index (κ3) is 2.23. The summed E-state index contributed by atoms with van der Waals surface area (Å²) in [6.07, 6.45) is 1.50. The van der Waals surface area contributed by atoms with E-state index in [0.717, 1.165) is 0 Å². The molecule has 0 N–H and O–H groups in total. The summed E-state index contributed by atoms with van der Waals surface area (Å²) in [6, 6.07) is 12.0. The molecule has 0 spiro atoms. The summed E-state index contributed by atoms with van der Waals surface area (Å²) in [4.78, 5) is 16.7. The maximum atomic E-state index is 12.4. The minimum atomic E-state index is -0.158. The van der Waals surface area contributed by atoms with E-state index in [1.54, 1.807) is 42.5 Å². The number of hydrogen-bond donors (Lipinski definition) is 0. The Morgan fingerprint density at radius 3 is 2.37 bits per heavy atom. The Kier molecular flexibility index (Phi) is 3.01. The molecule has 0 atom stereocenters. The van der Waals surface area contributed by atoms with Gasteiger partial charge in [-0.2, -0.15) is 0 Å². The average molecular weight is 291 g/mol. The molecule has 0 fully saturated rings. The molecule has 0 radical (unpaired) electrons. The van der Waals surface area contributed by atoms with Gasteiger partial charge >= 0.3 is 0 Å². The fraction of sp³-hybridized carbons (Fsp3) is 0. The number of fused-ring (bicyclic) bond motifs is 1. The molecule has 5 heteroatoms. The maximum absolute atomic E-state index is 12.4. The van der Waals surface area contributed by atoms with Gasteiger partial charge in [-0.25, -0.2) is 4.98 Å². The molecule has 1 aromatic heterocycles. The molecule has 19 heavy (non-hydrogen) atoms. The second-order valence-electron chi connectivity index (χ2n) is 4.06.